The summed E-state index contributed by atoms with van der Waals surface area (Å²) in [6.07, 6.45) is -0.516. The molecule has 0 bridgehead atoms. The van der Waals surface area contributed by atoms with E-state index in [1.807, 2.05) is 13.8 Å². The Hall–Kier alpha value is -0.460. The Bertz CT molecular complexity index is 264. The average molecular weight is 268 g/mol. The van der Waals surface area contributed by atoms with Gasteiger partial charge in [-0.1, -0.05) is 13.8 Å². The second-order valence-corrected chi connectivity index (χ2v) is 5.14. The van der Waals surface area contributed by atoms with Crippen LogP contribution in [0.3, 0.4) is 0 Å². The van der Waals surface area contributed by atoms with Crippen molar-refractivity contribution in [1.82, 2.24) is 10.2 Å². The SMILES string of the molecule is CCN(CC)CCOC(=O)CNCP(=O)(O)O. The number of carbonyl (C=O) groups is 1. The van der Waals surface area contributed by atoms with E-state index in [-0.39, 0.29) is 13.2 Å². The fraction of sp³-hybridized carbons (Fsp3) is 0.889. The number of hydrogen-bond acceptors (Lipinski definition) is 5. The van der Waals surface area contributed by atoms with E-state index in [2.05, 4.69) is 10.2 Å². The maximum absolute atomic E-state index is 11.1. The molecule has 0 fully saturated rings. The molecule has 3 N–H and O–H groups in total. The van der Waals surface area contributed by atoms with Gasteiger partial charge in [0.2, 0.25) is 0 Å². The van der Waals surface area contributed by atoms with Crippen LogP contribution in [0.2, 0.25) is 0 Å². The van der Waals surface area contributed by atoms with Crippen molar-refractivity contribution in [3.05, 3.63) is 0 Å². The molecule has 7 nitrogen and oxygen atoms in total. The van der Waals surface area contributed by atoms with Gasteiger partial charge in [0, 0.05) is 6.54 Å². The van der Waals surface area contributed by atoms with Crippen molar-refractivity contribution in [2.45, 2.75) is 13.8 Å². The highest BCUT2D eigenvalue weighted by molar-refractivity contribution is 7.51. The largest absolute Gasteiger partial charge is 0.463 e. The molecule has 0 spiro atoms. The van der Waals surface area contributed by atoms with Gasteiger partial charge in [-0.25, -0.2) is 0 Å². The molecule has 0 aliphatic rings. The van der Waals surface area contributed by atoms with Gasteiger partial charge in [-0.2, -0.15) is 0 Å². The van der Waals surface area contributed by atoms with E-state index in [4.69, 9.17) is 14.5 Å². The minimum atomic E-state index is -4.10. The fourth-order valence-corrected chi connectivity index (χ4v) is 1.59. The molecule has 0 aliphatic carbocycles. The predicted octanol–water partition coefficient (Wildman–Crippen LogP) is -0.404. The summed E-state index contributed by atoms with van der Waals surface area (Å²) >= 11 is 0. The van der Waals surface area contributed by atoms with Crippen molar-refractivity contribution in [2.24, 2.45) is 0 Å². The van der Waals surface area contributed by atoms with Crippen LogP contribution in [0.4, 0.5) is 0 Å². The number of nitrogens with one attached hydrogen (secondary N) is 1. The van der Waals surface area contributed by atoms with Gasteiger partial charge in [0.05, 0.1) is 12.8 Å². The van der Waals surface area contributed by atoms with Gasteiger partial charge in [-0.3, -0.25) is 14.7 Å². The van der Waals surface area contributed by atoms with Crippen molar-refractivity contribution in [3.63, 3.8) is 0 Å². The lowest BCUT2D eigenvalue weighted by Crippen LogP contribution is -2.30. The van der Waals surface area contributed by atoms with Gasteiger partial charge in [0.25, 0.3) is 0 Å². The molecule has 0 aromatic rings. The number of esters is 1. The minimum absolute atomic E-state index is 0.191. The third-order valence-electron chi connectivity index (χ3n) is 2.15. The summed E-state index contributed by atoms with van der Waals surface area (Å²) in [6.45, 7) is 6.59. The summed E-state index contributed by atoms with van der Waals surface area (Å²) in [4.78, 5) is 30.3. The van der Waals surface area contributed by atoms with Crippen LogP contribution in [-0.4, -0.2) is 59.7 Å². The Morgan fingerprint density at radius 3 is 2.41 bits per heavy atom. The van der Waals surface area contributed by atoms with E-state index in [0.29, 0.717) is 6.54 Å². The lowest BCUT2D eigenvalue weighted by molar-refractivity contribution is -0.142. The molecule has 0 aliphatic heterocycles. The number of nitrogens with zero attached hydrogens (tertiary/aromatic N) is 1. The summed E-state index contributed by atoms with van der Waals surface area (Å²) in [6, 6.07) is 0. The third-order valence-corrected chi connectivity index (χ3v) is 2.79. The van der Waals surface area contributed by atoms with Crippen molar-refractivity contribution in [1.29, 1.82) is 0 Å². The molecule has 102 valence electrons. The van der Waals surface area contributed by atoms with Crippen LogP contribution in [0.15, 0.2) is 0 Å². The second kappa shape index (κ2) is 8.60. The van der Waals surface area contributed by atoms with Crippen molar-refractivity contribution in [3.8, 4) is 0 Å². The Labute approximate surface area is 101 Å². The van der Waals surface area contributed by atoms with E-state index in [1.165, 1.54) is 0 Å². The van der Waals surface area contributed by atoms with E-state index >= 15 is 0 Å². The van der Waals surface area contributed by atoms with Crippen molar-refractivity contribution in [2.75, 3.05) is 39.1 Å². The zero-order valence-corrected chi connectivity index (χ0v) is 11.2. The third kappa shape index (κ3) is 10.4. The normalized spacial score (nSPS) is 11.8. The lowest BCUT2D eigenvalue weighted by Gasteiger charge is -2.17. The van der Waals surface area contributed by atoms with Gasteiger partial charge >= 0.3 is 13.6 Å². The Morgan fingerprint density at radius 1 is 1.35 bits per heavy atom. The van der Waals surface area contributed by atoms with Gasteiger partial charge in [0.1, 0.15) is 6.61 Å². The zero-order chi connectivity index (χ0) is 13.3. The monoisotopic (exact) mass is 268 g/mol. The second-order valence-electron chi connectivity index (χ2n) is 3.50. The van der Waals surface area contributed by atoms with E-state index in [0.717, 1.165) is 13.1 Å². The predicted molar refractivity (Wildman–Crippen MR) is 63.7 cm³/mol. The van der Waals surface area contributed by atoms with Crippen LogP contribution in [-0.2, 0) is 14.1 Å². The van der Waals surface area contributed by atoms with E-state index < -0.39 is 19.9 Å². The summed E-state index contributed by atoms with van der Waals surface area (Å²) in [5.41, 5.74) is 0. The van der Waals surface area contributed by atoms with Crippen LogP contribution >= 0.6 is 7.60 Å². The van der Waals surface area contributed by atoms with Crippen LogP contribution in [0, 0.1) is 0 Å². The molecule has 0 unspecified atom stereocenters. The van der Waals surface area contributed by atoms with Crippen LogP contribution < -0.4 is 5.32 Å². The minimum Gasteiger partial charge on any atom is -0.463 e. The maximum atomic E-state index is 11.1. The molecular formula is C9H21N2O5P. The lowest BCUT2D eigenvalue weighted by atomic mass is 10.5. The molecule has 0 atom stereocenters. The molecule has 0 aromatic carbocycles. The molecule has 8 heteroatoms. The standard InChI is InChI=1S/C9H21N2O5P/c1-3-11(4-2)5-6-16-9(12)7-10-8-17(13,14)15/h10H,3-8H2,1-2H3,(H2,13,14,15). The summed E-state index contributed by atoms with van der Waals surface area (Å²) in [7, 11) is -4.10. The Morgan fingerprint density at radius 2 is 1.94 bits per heavy atom. The molecule has 17 heavy (non-hydrogen) atoms. The highest BCUT2D eigenvalue weighted by Crippen LogP contribution is 2.31. The molecule has 0 aromatic heterocycles. The molecule has 0 saturated heterocycles. The molecular weight excluding hydrogens is 247 g/mol. The van der Waals surface area contributed by atoms with Gasteiger partial charge in [-0.15, -0.1) is 0 Å². The number of ether oxygens (including phenoxy) is 1. The quantitative estimate of drug-likeness (QED) is 0.386. The Balaban J connectivity index is 3.57. The highest BCUT2D eigenvalue weighted by Gasteiger charge is 2.13. The maximum Gasteiger partial charge on any atom is 0.339 e. The molecule has 0 rings (SSSR count). The Kier molecular flexibility index (Phi) is 8.37. The van der Waals surface area contributed by atoms with Crippen LogP contribution in [0.1, 0.15) is 13.8 Å². The topological polar surface area (TPSA) is 99.1 Å². The average Bonchev–Trinajstić information content (AvgIpc) is 2.22. The first kappa shape index (κ1) is 16.5. The van der Waals surface area contributed by atoms with Crippen molar-refractivity contribution >= 4 is 13.6 Å². The molecule has 0 amide bonds. The smallest absolute Gasteiger partial charge is 0.339 e. The molecule has 0 heterocycles. The molecule has 0 radical (unpaired) electrons. The van der Waals surface area contributed by atoms with Crippen molar-refractivity contribution < 1.29 is 23.9 Å². The molecule has 0 saturated carbocycles. The fourth-order valence-electron chi connectivity index (χ4n) is 1.18. The summed E-state index contributed by atoms with van der Waals surface area (Å²) in [5, 5.41) is 2.34. The van der Waals surface area contributed by atoms with Gasteiger partial charge in [0.15, 0.2) is 0 Å². The van der Waals surface area contributed by atoms with E-state index in [9.17, 15) is 9.36 Å². The number of carbonyl (C=O) groups excluding carboxylic acids is 1. The number of likely N-dealkylation sites (N-methyl/N-ethyl adjacent to an activating group) is 1. The first-order chi connectivity index (χ1) is 7.89. The summed E-state index contributed by atoms with van der Waals surface area (Å²) in [5.74, 6) is -0.509. The van der Waals surface area contributed by atoms with Gasteiger partial charge < -0.3 is 19.4 Å². The van der Waals surface area contributed by atoms with Gasteiger partial charge in [-0.05, 0) is 13.1 Å². The first-order valence-corrected chi connectivity index (χ1v) is 7.32. The van der Waals surface area contributed by atoms with Crippen LogP contribution in [0.5, 0.6) is 0 Å². The number of hydrogen-bond donors (Lipinski definition) is 3. The van der Waals surface area contributed by atoms with E-state index in [1.54, 1.807) is 0 Å². The summed E-state index contributed by atoms with van der Waals surface area (Å²) < 4.78 is 15.4. The number of rotatable bonds is 9. The first-order valence-electron chi connectivity index (χ1n) is 5.52. The zero-order valence-electron chi connectivity index (χ0n) is 10.3. The van der Waals surface area contributed by atoms with Crippen LogP contribution in [0.25, 0.3) is 0 Å². The highest BCUT2D eigenvalue weighted by atomic mass is 31.2.